The molecule has 1 heterocycles. The highest BCUT2D eigenvalue weighted by Gasteiger charge is 2.26. The van der Waals surface area contributed by atoms with Crippen LogP contribution in [-0.2, 0) is 16.1 Å². The summed E-state index contributed by atoms with van der Waals surface area (Å²) < 4.78 is 11.2. The second-order valence-electron chi connectivity index (χ2n) is 4.89. The number of carbonyl (C=O) groups excluding carboxylic acids is 1. The van der Waals surface area contributed by atoms with Crippen molar-refractivity contribution < 1.29 is 19.4 Å². The summed E-state index contributed by atoms with van der Waals surface area (Å²) in [5.74, 6) is -0.304. The number of nitrogens with zero attached hydrogens (tertiary/aromatic N) is 2. The van der Waals surface area contributed by atoms with Crippen molar-refractivity contribution >= 4 is 16.7 Å². The number of aromatic hydroxyl groups is 1. The lowest BCUT2D eigenvalue weighted by molar-refractivity contribution is -0.141. The van der Waals surface area contributed by atoms with Gasteiger partial charge in [-0.25, -0.2) is 4.68 Å². The molecule has 3 rings (SSSR count). The Bertz CT molecular complexity index is 764. The first-order valence-electron chi connectivity index (χ1n) is 6.56. The Labute approximate surface area is 119 Å². The first kappa shape index (κ1) is 13.4. The van der Waals surface area contributed by atoms with Gasteiger partial charge in [0.05, 0.1) is 17.9 Å². The van der Waals surface area contributed by atoms with Crippen molar-refractivity contribution in [3.8, 4) is 11.6 Å². The third-order valence-corrected chi connectivity index (χ3v) is 3.22. The zero-order chi connectivity index (χ0) is 15.0. The molecular weight excluding hydrogens is 276 g/mol. The summed E-state index contributed by atoms with van der Waals surface area (Å²) in [6.07, 6.45) is 1.93. The predicted octanol–water partition coefficient (Wildman–Crippen LogP) is 0.816. The van der Waals surface area contributed by atoms with Crippen LogP contribution in [0.15, 0.2) is 23.0 Å². The minimum atomic E-state index is -0.569. The molecule has 0 spiro atoms. The Balaban J connectivity index is 2.15. The van der Waals surface area contributed by atoms with Crippen LogP contribution in [0.4, 0.5) is 0 Å². The first-order chi connectivity index (χ1) is 10.1. The number of rotatable bonds is 4. The van der Waals surface area contributed by atoms with E-state index in [1.165, 1.54) is 25.3 Å². The van der Waals surface area contributed by atoms with Crippen LogP contribution in [0.5, 0.6) is 11.6 Å². The fourth-order valence-corrected chi connectivity index (χ4v) is 1.97. The van der Waals surface area contributed by atoms with Crippen LogP contribution in [0.1, 0.15) is 12.8 Å². The lowest BCUT2D eigenvalue weighted by Crippen LogP contribution is -2.28. The minimum absolute atomic E-state index is 0.0232. The molecule has 1 aliphatic carbocycles. The number of aromatic nitrogens is 2. The molecule has 0 unspecified atom stereocenters. The molecule has 0 bridgehead atoms. The summed E-state index contributed by atoms with van der Waals surface area (Å²) in [4.78, 5) is 23.7. The largest absolute Gasteiger partial charge is 0.508 e. The maximum absolute atomic E-state index is 12.3. The second kappa shape index (κ2) is 5.08. The second-order valence-corrected chi connectivity index (χ2v) is 4.89. The fourth-order valence-electron chi connectivity index (χ4n) is 1.97. The predicted molar refractivity (Wildman–Crippen MR) is 73.3 cm³/mol. The molecule has 1 fully saturated rings. The topological polar surface area (TPSA) is 90.7 Å². The number of hydrogen-bond acceptors (Lipinski definition) is 6. The first-order valence-corrected chi connectivity index (χ1v) is 6.56. The van der Waals surface area contributed by atoms with Crippen molar-refractivity contribution in [1.29, 1.82) is 0 Å². The summed E-state index contributed by atoms with van der Waals surface area (Å²) >= 11 is 0. The molecule has 0 atom stereocenters. The molecule has 7 nitrogen and oxygen atoms in total. The molecule has 1 saturated carbocycles. The molecular formula is C14H14N2O5. The van der Waals surface area contributed by atoms with Crippen LogP contribution in [-0.4, -0.2) is 34.1 Å². The Morgan fingerprint density at radius 1 is 1.43 bits per heavy atom. The number of benzene rings is 1. The Morgan fingerprint density at radius 2 is 2.19 bits per heavy atom. The number of fused-ring (bicyclic) bond motifs is 1. The maximum Gasteiger partial charge on any atom is 0.327 e. The van der Waals surface area contributed by atoms with Crippen LogP contribution >= 0.6 is 0 Å². The van der Waals surface area contributed by atoms with Crippen molar-refractivity contribution in [2.45, 2.75) is 25.5 Å². The number of carbonyl (C=O) groups is 1. The van der Waals surface area contributed by atoms with E-state index < -0.39 is 11.5 Å². The molecule has 2 aromatic rings. The molecule has 0 amide bonds. The molecule has 1 N–H and O–H groups in total. The van der Waals surface area contributed by atoms with E-state index in [0.717, 1.165) is 17.5 Å². The van der Waals surface area contributed by atoms with Crippen LogP contribution in [0.25, 0.3) is 10.8 Å². The van der Waals surface area contributed by atoms with E-state index in [-0.39, 0.29) is 24.3 Å². The number of ether oxygens (including phenoxy) is 2. The van der Waals surface area contributed by atoms with Gasteiger partial charge in [0.15, 0.2) is 0 Å². The van der Waals surface area contributed by atoms with E-state index in [1.807, 2.05) is 0 Å². The molecule has 1 aliphatic rings. The van der Waals surface area contributed by atoms with Crippen LogP contribution in [0, 0.1) is 0 Å². The van der Waals surface area contributed by atoms with Gasteiger partial charge < -0.3 is 14.6 Å². The number of methoxy groups -OCH3 is 1. The third kappa shape index (κ3) is 2.67. The average molecular weight is 290 g/mol. The highest BCUT2D eigenvalue weighted by molar-refractivity contribution is 5.87. The number of esters is 1. The van der Waals surface area contributed by atoms with Gasteiger partial charge in [0, 0.05) is 0 Å². The molecule has 1 aromatic heterocycles. The normalized spacial score (nSPS) is 14.1. The Morgan fingerprint density at radius 3 is 2.86 bits per heavy atom. The summed E-state index contributed by atoms with van der Waals surface area (Å²) in [6.45, 7) is -0.285. The lowest BCUT2D eigenvalue weighted by atomic mass is 10.2. The number of phenolic OH excluding ortho intramolecular Hbond substituents is 1. The quantitative estimate of drug-likeness (QED) is 0.838. The molecule has 110 valence electrons. The number of hydrogen-bond donors (Lipinski definition) is 1. The van der Waals surface area contributed by atoms with Crippen molar-refractivity contribution in [3.63, 3.8) is 0 Å². The average Bonchev–Trinajstić information content (AvgIpc) is 3.27. The molecule has 1 aromatic carbocycles. The van der Waals surface area contributed by atoms with Gasteiger partial charge in [-0.1, -0.05) is 0 Å². The van der Waals surface area contributed by atoms with Crippen LogP contribution < -0.4 is 10.3 Å². The third-order valence-electron chi connectivity index (χ3n) is 3.22. The van der Waals surface area contributed by atoms with E-state index in [9.17, 15) is 14.7 Å². The highest BCUT2D eigenvalue weighted by Crippen LogP contribution is 2.30. The van der Waals surface area contributed by atoms with Gasteiger partial charge in [0.1, 0.15) is 18.4 Å². The van der Waals surface area contributed by atoms with E-state index in [1.54, 1.807) is 0 Å². The smallest absolute Gasteiger partial charge is 0.327 e. The van der Waals surface area contributed by atoms with Crippen molar-refractivity contribution in [1.82, 2.24) is 9.78 Å². The summed E-state index contributed by atoms with van der Waals surface area (Å²) in [5, 5.41) is 14.4. The monoisotopic (exact) mass is 290 g/mol. The molecule has 0 saturated heterocycles. The Hall–Kier alpha value is -2.57. The van der Waals surface area contributed by atoms with Gasteiger partial charge in [0.2, 0.25) is 5.88 Å². The summed E-state index contributed by atoms with van der Waals surface area (Å²) in [6, 6.07) is 4.33. The van der Waals surface area contributed by atoms with E-state index >= 15 is 0 Å². The van der Waals surface area contributed by atoms with Crippen LogP contribution in [0.3, 0.4) is 0 Å². The Kier molecular flexibility index (Phi) is 3.25. The van der Waals surface area contributed by atoms with Gasteiger partial charge in [-0.2, -0.15) is 0 Å². The van der Waals surface area contributed by atoms with Gasteiger partial charge >= 0.3 is 5.97 Å². The summed E-state index contributed by atoms with van der Waals surface area (Å²) in [7, 11) is 1.24. The highest BCUT2D eigenvalue weighted by atomic mass is 16.5. The van der Waals surface area contributed by atoms with Crippen LogP contribution in [0.2, 0.25) is 0 Å². The molecule has 0 aliphatic heterocycles. The SMILES string of the molecule is COC(=O)Cn1nc(OC2CC2)c2cc(O)ccc2c1=O. The zero-order valence-corrected chi connectivity index (χ0v) is 11.4. The van der Waals surface area contributed by atoms with Crippen molar-refractivity contribution in [2.24, 2.45) is 0 Å². The standard InChI is InChI=1S/C14H14N2O5/c1-20-12(18)7-16-14(19)10-5-2-8(17)6-11(10)13(15-16)21-9-3-4-9/h2,5-6,9,17H,3-4,7H2,1H3. The van der Waals surface area contributed by atoms with E-state index in [2.05, 4.69) is 9.84 Å². The summed E-state index contributed by atoms with van der Waals surface area (Å²) in [5.41, 5.74) is -0.432. The maximum atomic E-state index is 12.3. The van der Waals surface area contributed by atoms with Gasteiger partial charge in [0.25, 0.3) is 5.56 Å². The van der Waals surface area contributed by atoms with Gasteiger partial charge in [-0.3, -0.25) is 9.59 Å². The van der Waals surface area contributed by atoms with E-state index in [0.29, 0.717) is 10.8 Å². The van der Waals surface area contributed by atoms with Gasteiger partial charge in [-0.15, -0.1) is 5.10 Å². The molecule has 21 heavy (non-hydrogen) atoms. The van der Waals surface area contributed by atoms with E-state index in [4.69, 9.17) is 4.74 Å². The zero-order valence-electron chi connectivity index (χ0n) is 11.4. The molecule has 7 heteroatoms. The van der Waals surface area contributed by atoms with Crippen molar-refractivity contribution in [2.75, 3.05) is 7.11 Å². The lowest BCUT2D eigenvalue weighted by Gasteiger charge is -2.11. The number of phenols is 1. The van der Waals surface area contributed by atoms with Crippen molar-refractivity contribution in [3.05, 3.63) is 28.6 Å². The fraction of sp³-hybridized carbons (Fsp3) is 0.357. The van der Waals surface area contributed by atoms with Gasteiger partial charge in [-0.05, 0) is 31.0 Å². The minimum Gasteiger partial charge on any atom is -0.508 e. The molecule has 0 radical (unpaired) electrons.